The SMILES string of the molecule is Cc1ccc2c(CC3CCCNC3)c(C)n(C)c2c1. The number of aryl methyl sites for hydroxylation is 2. The van der Waals surface area contributed by atoms with Gasteiger partial charge in [-0.15, -0.1) is 0 Å². The summed E-state index contributed by atoms with van der Waals surface area (Å²) in [4.78, 5) is 0. The Labute approximate surface area is 115 Å². The van der Waals surface area contributed by atoms with Gasteiger partial charge in [-0.2, -0.15) is 0 Å². The zero-order valence-electron chi connectivity index (χ0n) is 12.3. The zero-order valence-corrected chi connectivity index (χ0v) is 12.3. The molecule has 2 aromatic rings. The van der Waals surface area contributed by atoms with Crippen molar-refractivity contribution in [1.82, 2.24) is 9.88 Å². The van der Waals surface area contributed by atoms with Gasteiger partial charge in [-0.1, -0.05) is 12.1 Å². The molecule has 102 valence electrons. The molecule has 2 heteroatoms. The summed E-state index contributed by atoms with van der Waals surface area (Å²) in [5.74, 6) is 0.805. The normalized spacial score (nSPS) is 20.1. The Hall–Kier alpha value is -1.28. The molecule has 0 amide bonds. The highest BCUT2D eigenvalue weighted by Crippen LogP contribution is 2.29. The first-order valence-electron chi connectivity index (χ1n) is 7.42. The van der Waals surface area contributed by atoms with Crippen molar-refractivity contribution >= 4 is 10.9 Å². The molecule has 0 radical (unpaired) electrons. The molecule has 2 nitrogen and oxygen atoms in total. The van der Waals surface area contributed by atoms with Gasteiger partial charge in [-0.3, -0.25) is 0 Å². The van der Waals surface area contributed by atoms with Crippen LogP contribution in [-0.2, 0) is 13.5 Å². The summed E-state index contributed by atoms with van der Waals surface area (Å²) in [6.45, 7) is 6.82. The summed E-state index contributed by atoms with van der Waals surface area (Å²) in [6, 6.07) is 6.86. The fourth-order valence-electron chi connectivity index (χ4n) is 3.40. The van der Waals surface area contributed by atoms with Crippen LogP contribution in [-0.4, -0.2) is 17.7 Å². The van der Waals surface area contributed by atoms with Crippen LogP contribution in [0.3, 0.4) is 0 Å². The summed E-state index contributed by atoms with van der Waals surface area (Å²) in [5, 5.41) is 4.99. The first-order valence-corrected chi connectivity index (χ1v) is 7.42. The van der Waals surface area contributed by atoms with Crippen molar-refractivity contribution in [2.24, 2.45) is 13.0 Å². The van der Waals surface area contributed by atoms with Crippen LogP contribution >= 0.6 is 0 Å². The monoisotopic (exact) mass is 256 g/mol. The maximum Gasteiger partial charge on any atom is 0.0485 e. The Morgan fingerprint density at radius 2 is 2.16 bits per heavy atom. The molecule has 1 aliphatic heterocycles. The van der Waals surface area contributed by atoms with E-state index >= 15 is 0 Å². The fraction of sp³-hybridized carbons (Fsp3) is 0.529. The van der Waals surface area contributed by atoms with Gasteiger partial charge < -0.3 is 9.88 Å². The lowest BCUT2D eigenvalue weighted by atomic mass is 9.91. The van der Waals surface area contributed by atoms with Gasteiger partial charge in [0.25, 0.3) is 0 Å². The molecule has 1 fully saturated rings. The average molecular weight is 256 g/mol. The highest BCUT2D eigenvalue weighted by Gasteiger charge is 2.18. The van der Waals surface area contributed by atoms with E-state index in [0.717, 1.165) is 5.92 Å². The quantitative estimate of drug-likeness (QED) is 0.872. The van der Waals surface area contributed by atoms with Crippen molar-refractivity contribution in [2.45, 2.75) is 33.1 Å². The first-order chi connectivity index (χ1) is 9.16. The molecule has 0 aliphatic carbocycles. The molecule has 1 aromatic heterocycles. The van der Waals surface area contributed by atoms with Gasteiger partial charge >= 0.3 is 0 Å². The Morgan fingerprint density at radius 1 is 1.32 bits per heavy atom. The third kappa shape index (κ3) is 2.30. The van der Waals surface area contributed by atoms with Crippen LogP contribution in [0.15, 0.2) is 18.2 Å². The van der Waals surface area contributed by atoms with Crippen LogP contribution in [0.4, 0.5) is 0 Å². The molecule has 1 atom stereocenters. The average Bonchev–Trinajstić information content (AvgIpc) is 2.65. The molecule has 1 saturated heterocycles. The van der Waals surface area contributed by atoms with E-state index in [2.05, 4.69) is 49.0 Å². The van der Waals surface area contributed by atoms with E-state index < -0.39 is 0 Å². The van der Waals surface area contributed by atoms with E-state index in [1.807, 2.05) is 0 Å². The lowest BCUT2D eigenvalue weighted by Gasteiger charge is -2.22. The Balaban J connectivity index is 2.00. The molecule has 0 spiro atoms. The summed E-state index contributed by atoms with van der Waals surface area (Å²) in [5.41, 5.74) is 5.73. The number of piperidine rings is 1. The van der Waals surface area contributed by atoms with Gasteiger partial charge in [-0.25, -0.2) is 0 Å². The largest absolute Gasteiger partial charge is 0.348 e. The highest BCUT2D eigenvalue weighted by atomic mass is 14.9. The number of aromatic nitrogens is 1. The van der Waals surface area contributed by atoms with Gasteiger partial charge in [0.15, 0.2) is 0 Å². The van der Waals surface area contributed by atoms with Crippen molar-refractivity contribution in [3.63, 3.8) is 0 Å². The summed E-state index contributed by atoms with van der Waals surface area (Å²) < 4.78 is 2.36. The van der Waals surface area contributed by atoms with Crippen molar-refractivity contribution in [3.8, 4) is 0 Å². The maximum atomic E-state index is 3.53. The van der Waals surface area contributed by atoms with E-state index in [9.17, 15) is 0 Å². The number of nitrogens with one attached hydrogen (secondary N) is 1. The smallest absolute Gasteiger partial charge is 0.0485 e. The second-order valence-corrected chi connectivity index (χ2v) is 6.06. The summed E-state index contributed by atoms with van der Waals surface area (Å²) in [6.07, 6.45) is 3.92. The third-order valence-corrected chi connectivity index (χ3v) is 4.67. The second kappa shape index (κ2) is 5.01. The van der Waals surface area contributed by atoms with Crippen LogP contribution in [0.5, 0.6) is 0 Å². The molecule has 1 aliphatic rings. The number of benzene rings is 1. The Morgan fingerprint density at radius 3 is 2.89 bits per heavy atom. The third-order valence-electron chi connectivity index (χ3n) is 4.67. The lowest BCUT2D eigenvalue weighted by molar-refractivity contribution is 0.376. The number of hydrogen-bond donors (Lipinski definition) is 1. The summed E-state index contributed by atoms with van der Waals surface area (Å²) >= 11 is 0. The fourth-order valence-corrected chi connectivity index (χ4v) is 3.40. The lowest BCUT2D eigenvalue weighted by Crippen LogP contribution is -2.30. The van der Waals surface area contributed by atoms with Gasteiger partial charge in [0, 0.05) is 23.6 Å². The Kier molecular flexibility index (Phi) is 3.36. The van der Waals surface area contributed by atoms with Crippen LogP contribution in [0.25, 0.3) is 10.9 Å². The van der Waals surface area contributed by atoms with Crippen LogP contribution in [0.1, 0.15) is 29.7 Å². The first kappa shape index (κ1) is 12.7. The highest BCUT2D eigenvalue weighted by molar-refractivity contribution is 5.86. The Bertz CT molecular complexity index is 589. The number of hydrogen-bond acceptors (Lipinski definition) is 1. The molecular weight excluding hydrogens is 232 g/mol. The summed E-state index contributed by atoms with van der Waals surface area (Å²) in [7, 11) is 2.19. The van der Waals surface area contributed by atoms with Crippen LogP contribution < -0.4 is 5.32 Å². The van der Waals surface area contributed by atoms with Gasteiger partial charge in [-0.05, 0) is 69.3 Å². The van der Waals surface area contributed by atoms with E-state index in [4.69, 9.17) is 0 Å². The molecule has 19 heavy (non-hydrogen) atoms. The second-order valence-electron chi connectivity index (χ2n) is 6.06. The van der Waals surface area contributed by atoms with Crippen molar-refractivity contribution in [1.29, 1.82) is 0 Å². The van der Waals surface area contributed by atoms with Gasteiger partial charge in [0.1, 0.15) is 0 Å². The minimum atomic E-state index is 0.805. The number of nitrogens with zero attached hydrogens (tertiary/aromatic N) is 1. The molecule has 0 bridgehead atoms. The minimum Gasteiger partial charge on any atom is -0.348 e. The minimum absolute atomic E-state index is 0.805. The number of fused-ring (bicyclic) bond motifs is 1. The molecular formula is C17H24N2. The van der Waals surface area contributed by atoms with E-state index in [-0.39, 0.29) is 0 Å². The van der Waals surface area contributed by atoms with Crippen molar-refractivity contribution in [2.75, 3.05) is 13.1 Å². The molecule has 1 N–H and O–H groups in total. The standard InChI is InChI=1S/C17H24N2/c1-12-6-7-15-16(10-14-5-4-8-18-11-14)13(2)19(3)17(15)9-12/h6-7,9,14,18H,4-5,8,10-11H2,1-3H3. The van der Waals surface area contributed by atoms with E-state index in [1.54, 1.807) is 5.56 Å². The van der Waals surface area contributed by atoms with Gasteiger partial charge in [0.2, 0.25) is 0 Å². The maximum absolute atomic E-state index is 3.53. The molecule has 2 heterocycles. The van der Waals surface area contributed by atoms with Crippen LogP contribution in [0.2, 0.25) is 0 Å². The predicted molar refractivity (Wildman–Crippen MR) is 81.7 cm³/mol. The molecule has 1 aromatic carbocycles. The van der Waals surface area contributed by atoms with Gasteiger partial charge in [0.05, 0.1) is 0 Å². The van der Waals surface area contributed by atoms with Crippen molar-refractivity contribution < 1.29 is 0 Å². The zero-order chi connectivity index (χ0) is 13.4. The molecule has 1 unspecified atom stereocenters. The topological polar surface area (TPSA) is 17.0 Å². The predicted octanol–water partition coefficient (Wildman–Crippen LogP) is 3.34. The van der Waals surface area contributed by atoms with Crippen molar-refractivity contribution in [3.05, 3.63) is 35.0 Å². The number of rotatable bonds is 2. The van der Waals surface area contributed by atoms with E-state index in [1.165, 1.54) is 54.5 Å². The van der Waals surface area contributed by atoms with Crippen LogP contribution in [0, 0.1) is 19.8 Å². The molecule has 3 rings (SSSR count). The van der Waals surface area contributed by atoms with E-state index in [0.29, 0.717) is 0 Å². The molecule has 0 saturated carbocycles.